The van der Waals surface area contributed by atoms with E-state index in [-0.39, 0.29) is 0 Å². The second kappa shape index (κ2) is 5.07. The third-order valence-corrected chi connectivity index (χ3v) is 4.57. The van der Waals surface area contributed by atoms with Crippen LogP contribution in [0, 0.1) is 6.92 Å². The molecule has 4 aromatic heterocycles. The van der Waals surface area contributed by atoms with Crippen LogP contribution in [0.25, 0.3) is 17.4 Å². The number of nitrogens with two attached hydrogens (primary N) is 1. The van der Waals surface area contributed by atoms with Gasteiger partial charge in [-0.15, -0.1) is 15.3 Å². The van der Waals surface area contributed by atoms with Crippen molar-refractivity contribution in [2.75, 3.05) is 5.73 Å². The summed E-state index contributed by atoms with van der Waals surface area (Å²) in [7, 11) is 0. The number of aryl methyl sites for hydroxylation is 1. The molecule has 0 aliphatic rings. The minimum Gasteiger partial charge on any atom is -0.461 e. The van der Waals surface area contributed by atoms with Crippen molar-refractivity contribution in [1.82, 2.24) is 29.8 Å². The first-order chi connectivity index (χ1) is 10.7. The average molecular weight is 331 g/mol. The fourth-order valence-corrected chi connectivity index (χ4v) is 3.61. The van der Waals surface area contributed by atoms with E-state index in [1.807, 2.05) is 13.0 Å². The largest absolute Gasteiger partial charge is 0.461 e. The maximum atomic E-state index is 5.62. The third kappa shape index (κ3) is 2.31. The van der Waals surface area contributed by atoms with Gasteiger partial charge in [-0.1, -0.05) is 11.3 Å². The van der Waals surface area contributed by atoms with Gasteiger partial charge in [-0.05, 0) is 36.9 Å². The maximum absolute atomic E-state index is 5.62. The first-order valence-electron chi connectivity index (χ1n) is 6.24. The van der Waals surface area contributed by atoms with E-state index in [1.54, 1.807) is 22.9 Å². The van der Waals surface area contributed by atoms with Gasteiger partial charge in [-0.2, -0.15) is 9.50 Å². The van der Waals surface area contributed by atoms with E-state index < -0.39 is 0 Å². The van der Waals surface area contributed by atoms with Crippen LogP contribution in [0.3, 0.4) is 0 Å². The van der Waals surface area contributed by atoms with Crippen LogP contribution in [0.2, 0.25) is 0 Å². The number of nitrogen functional groups attached to an aromatic ring is 1. The molecule has 0 aliphatic heterocycles. The highest BCUT2D eigenvalue weighted by molar-refractivity contribution is 8.01. The van der Waals surface area contributed by atoms with E-state index in [1.165, 1.54) is 23.1 Å². The lowest BCUT2D eigenvalue weighted by molar-refractivity contribution is 0.577. The number of rotatable bonds is 3. The van der Waals surface area contributed by atoms with E-state index in [0.29, 0.717) is 22.5 Å². The van der Waals surface area contributed by atoms with Crippen molar-refractivity contribution in [1.29, 1.82) is 0 Å². The molecule has 0 bridgehead atoms. The molecular weight excluding hydrogens is 322 g/mol. The monoisotopic (exact) mass is 331 g/mol. The maximum Gasteiger partial charge on any atom is 0.254 e. The third-order valence-electron chi connectivity index (χ3n) is 2.76. The molecule has 0 radical (unpaired) electrons. The summed E-state index contributed by atoms with van der Waals surface area (Å²) in [6, 6.07) is 5.51. The number of fused-ring (bicyclic) bond motifs is 1. The Morgan fingerprint density at radius 1 is 1.32 bits per heavy atom. The molecule has 0 unspecified atom stereocenters. The Labute approximate surface area is 132 Å². The van der Waals surface area contributed by atoms with Crippen molar-refractivity contribution in [3.8, 4) is 11.6 Å². The van der Waals surface area contributed by atoms with E-state index in [9.17, 15) is 0 Å². The molecule has 110 valence electrons. The SMILES string of the molecule is Cc1cc(Sc2nnc(N)s2)n2nc(-c3ccco3)nc2n1. The van der Waals surface area contributed by atoms with E-state index in [2.05, 4.69) is 25.3 Å². The molecule has 4 heterocycles. The van der Waals surface area contributed by atoms with Crippen molar-refractivity contribution in [2.24, 2.45) is 0 Å². The molecule has 0 spiro atoms. The van der Waals surface area contributed by atoms with Crippen molar-refractivity contribution in [2.45, 2.75) is 16.3 Å². The molecule has 10 heteroatoms. The summed E-state index contributed by atoms with van der Waals surface area (Å²) in [4.78, 5) is 8.79. The Kier molecular flexibility index (Phi) is 3.05. The smallest absolute Gasteiger partial charge is 0.254 e. The highest BCUT2D eigenvalue weighted by Gasteiger charge is 2.15. The number of hydrogen-bond acceptors (Lipinski definition) is 9. The summed E-state index contributed by atoms with van der Waals surface area (Å²) in [6.07, 6.45) is 1.58. The standard InChI is InChI=1S/C12H9N7OS2/c1-6-5-8(21-12-17-16-10(13)22-12)19-11(14-6)15-9(18-19)7-3-2-4-20-7/h2-5H,1H3,(H2,13,16). The Bertz CT molecular complexity index is 944. The molecule has 8 nitrogen and oxygen atoms in total. The van der Waals surface area contributed by atoms with E-state index >= 15 is 0 Å². The second-order valence-corrected chi connectivity index (χ2v) is 6.65. The van der Waals surface area contributed by atoms with Crippen LogP contribution < -0.4 is 5.73 Å². The molecular formula is C12H9N7OS2. The fourth-order valence-electron chi connectivity index (χ4n) is 1.89. The molecule has 4 rings (SSSR count). The van der Waals surface area contributed by atoms with Crippen molar-refractivity contribution in [3.63, 3.8) is 0 Å². The molecule has 0 aliphatic carbocycles. The number of aromatic nitrogens is 6. The molecule has 0 amide bonds. The predicted molar refractivity (Wildman–Crippen MR) is 81.7 cm³/mol. The van der Waals surface area contributed by atoms with Gasteiger partial charge in [0, 0.05) is 5.69 Å². The van der Waals surface area contributed by atoms with Gasteiger partial charge in [0.25, 0.3) is 5.78 Å². The lowest BCUT2D eigenvalue weighted by atomic mass is 10.4. The summed E-state index contributed by atoms with van der Waals surface area (Å²) in [5.74, 6) is 1.59. The summed E-state index contributed by atoms with van der Waals surface area (Å²) in [5.41, 5.74) is 6.45. The van der Waals surface area contributed by atoms with Crippen LogP contribution in [-0.4, -0.2) is 29.8 Å². The highest BCUT2D eigenvalue weighted by atomic mass is 32.2. The lowest BCUT2D eigenvalue weighted by Gasteiger charge is -2.01. The van der Waals surface area contributed by atoms with E-state index in [0.717, 1.165) is 15.1 Å². The van der Waals surface area contributed by atoms with Crippen LogP contribution in [0.4, 0.5) is 5.13 Å². The van der Waals surface area contributed by atoms with Crippen LogP contribution in [-0.2, 0) is 0 Å². The molecule has 0 saturated heterocycles. The Morgan fingerprint density at radius 3 is 2.95 bits per heavy atom. The number of hydrogen-bond donors (Lipinski definition) is 1. The highest BCUT2D eigenvalue weighted by Crippen LogP contribution is 2.31. The predicted octanol–water partition coefficient (Wildman–Crippen LogP) is 2.28. The van der Waals surface area contributed by atoms with Gasteiger partial charge in [0.1, 0.15) is 5.03 Å². The Morgan fingerprint density at radius 2 is 2.23 bits per heavy atom. The number of anilines is 1. The normalized spacial score (nSPS) is 11.3. The van der Waals surface area contributed by atoms with Gasteiger partial charge >= 0.3 is 0 Å². The molecule has 22 heavy (non-hydrogen) atoms. The van der Waals surface area contributed by atoms with Crippen molar-refractivity contribution in [3.05, 3.63) is 30.2 Å². The second-order valence-electron chi connectivity index (χ2n) is 4.37. The number of nitrogens with zero attached hydrogens (tertiary/aromatic N) is 6. The van der Waals surface area contributed by atoms with Crippen molar-refractivity contribution >= 4 is 34.0 Å². The van der Waals surface area contributed by atoms with Gasteiger partial charge in [-0.25, -0.2) is 4.98 Å². The van der Waals surface area contributed by atoms with E-state index in [4.69, 9.17) is 10.2 Å². The number of furan rings is 1. The zero-order valence-corrected chi connectivity index (χ0v) is 12.9. The first kappa shape index (κ1) is 13.2. The molecule has 0 aromatic carbocycles. The van der Waals surface area contributed by atoms with Crippen molar-refractivity contribution < 1.29 is 4.42 Å². The minimum absolute atomic E-state index is 0.430. The molecule has 4 aromatic rings. The molecule has 0 atom stereocenters. The van der Waals surface area contributed by atoms with Gasteiger partial charge in [0.15, 0.2) is 10.1 Å². The first-order valence-corrected chi connectivity index (χ1v) is 7.87. The average Bonchev–Trinajstić information content (AvgIpc) is 3.18. The lowest BCUT2D eigenvalue weighted by Crippen LogP contribution is -1.97. The zero-order valence-electron chi connectivity index (χ0n) is 11.3. The molecule has 0 saturated carbocycles. The minimum atomic E-state index is 0.430. The van der Waals surface area contributed by atoms with Crippen LogP contribution in [0.1, 0.15) is 5.69 Å². The molecule has 0 fully saturated rings. The Balaban J connectivity index is 1.83. The summed E-state index contributed by atoms with van der Waals surface area (Å²) in [5, 5.41) is 13.5. The summed E-state index contributed by atoms with van der Waals surface area (Å²) < 4.78 is 7.73. The quantitative estimate of drug-likeness (QED) is 0.570. The van der Waals surface area contributed by atoms with Gasteiger partial charge in [-0.3, -0.25) is 0 Å². The fraction of sp³-hybridized carbons (Fsp3) is 0.0833. The summed E-state index contributed by atoms with van der Waals surface area (Å²) >= 11 is 2.74. The zero-order chi connectivity index (χ0) is 15.1. The summed E-state index contributed by atoms with van der Waals surface area (Å²) in [6.45, 7) is 1.90. The van der Waals surface area contributed by atoms with Crippen LogP contribution in [0.5, 0.6) is 0 Å². The Hall–Kier alpha value is -2.46. The van der Waals surface area contributed by atoms with Gasteiger partial charge < -0.3 is 10.2 Å². The van der Waals surface area contributed by atoms with Gasteiger partial charge in [0.05, 0.1) is 6.26 Å². The topological polar surface area (TPSA) is 108 Å². The van der Waals surface area contributed by atoms with Crippen LogP contribution >= 0.6 is 23.1 Å². The van der Waals surface area contributed by atoms with Gasteiger partial charge in [0.2, 0.25) is 11.0 Å². The molecule has 2 N–H and O–H groups in total. The van der Waals surface area contributed by atoms with Crippen LogP contribution in [0.15, 0.2) is 38.2 Å².